The zero-order valence-electron chi connectivity index (χ0n) is 33.1. The first-order chi connectivity index (χ1) is 29.8. The van der Waals surface area contributed by atoms with Gasteiger partial charge >= 0.3 is 0 Å². The van der Waals surface area contributed by atoms with Crippen LogP contribution in [0.3, 0.4) is 0 Å². The summed E-state index contributed by atoms with van der Waals surface area (Å²) in [6, 6.07) is 98.7. The van der Waals surface area contributed by atoms with Crippen molar-refractivity contribution < 1.29 is 0 Å². The summed E-state index contributed by atoms with van der Waals surface area (Å²) < 4.78 is 5.59. The Balaban J connectivity index is 1.34. The fourth-order valence-corrected chi connectivity index (χ4v) is 19.3. The van der Waals surface area contributed by atoms with Crippen LogP contribution in [0, 0.1) is 0 Å². The summed E-state index contributed by atoms with van der Waals surface area (Å²) >= 11 is 0. The highest BCUT2D eigenvalue weighted by molar-refractivity contribution is 7.91. The second-order valence-corrected chi connectivity index (χ2v) is 22.9. The number of benzene rings is 9. The first-order valence-electron chi connectivity index (χ1n) is 20.1. The standard InChI is InChI=1S/C54H44N2P4/c1-9-28-47(29-10-1)57(48-30-11-2-12-31-48)55(58(49-32-13-3-14-33-49)50-34-15-4-16-35-50)45-26-25-27-46(44-45)56(59(51-36-17-5-18-37-51)52-38-19-6-20-39-52)60(53-40-21-7-22-41-53)54-42-23-8-24-43-54/h1-44H. The van der Waals surface area contributed by atoms with Crippen LogP contribution in [0.4, 0.5) is 11.4 Å². The molecule has 0 fully saturated rings. The molecule has 9 aromatic carbocycles. The van der Waals surface area contributed by atoms with E-state index in [0.717, 1.165) is 0 Å². The van der Waals surface area contributed by atoms with Gasteiger partial charge in [-0.2, -0.15) is 0 Å². The summed E-state index contributed by atoms with van der Waals surface area (Å²) in [5.41, 5.74) is 2.39. The average molecular weight is 845 g/mol. The minimum atomic E-state index is -1.06. The summed E-state index contributed by atoms with van der Waals surface area (Å²) in [6.45, 7) is 0. The smallest absolute Gasteiger partial charge is 0.0590 e. The van der Waals surface area contributed by atoms with Crippen molar-refractivity contribution >= 4 is 86.1 Å². The summed E-state index contributed by atoms with van der Waals surface area (Å²) in [5.74, 6) is 0. The Morgan fingerprint density at radius 2 is 0.350 bits per heavy atom. The van der Waals surface area contributed by atoms with Gasteiger partial charge in [-0.1, -0.05) is 249 Å². The molecule has 9 aromatic rings. The maximum Gasteiger partial charge on any atom is 0.0590 e. The van der Waals surface area contributed by atoms with Crippen LogP contribution < -0.4 is 51.3 Å². The molecule has 0 amide bonds. The van der Waals surface area contributed by atoms with E-state index < -0.39 is 32.3 Å². The predicted molar refractivity (Wildman–Crippen MR) is 268 cm³/mol. The minimum absolute atomic E-state index is 1.06. The van der Waals surface area contributed by atoms with E-state index in [1.54, 1.807) is 0 Å². The second-order valence-electron chi connectivity index (χ2n) is 14.0. The molecule has 0 saturated carbocycles. The number of anilines is 2. The van der Waals surface area contributed by atoms with Crippen LogP contribution in [-0.4, -0.2) is 0 Å². The molecule has 0 radical (unpaired) electrons. The van der Waals surface area contributed by atoms with Gasteiger partial charge in [-0.15, -0.1) is 0 Å². The molecule has 60 heavy (non-hydrogen) atoms. The molecule has 0 aliphatic heterocycles. The molecule has 0 spiro atoms. The summed E-state index contributed by atoms with van der Waals surface area (Å²) in [7, 11) is -4.24. The van der Waals surface area contributed by atoms with E-state index in [0.29, 0.717) is 0 Å². The average Bonchev–Trinajstić information content (AvgIpc) is 3.34. The van der Waals surface area contributed by atoms with Gasteiger partial charge in [-0.25, -0.2) is 0 Å². The molecule has 0 unspecified atom stereocenters. The monoisotopic (exact) mass is 844 g/mol. The molecular formula is C54H44N2P4. The topological polar surface area (TPSA) is 6.48 Å². The van der Waals surface area contributed by atoms with Crippen LogP contribution in [0.15, 0.2) is 267 Å². The Labute approximate surface area is 360 Å². The van der Waals surface area contributed by atoms with Crippen molar-refractivity contribution in [3.05, 3.63) is 267 Å². The number of nitrogens with zero attached hydrogens (tertiary/aromatic N) is 2. The van der Waals surface area contributed by atoms with Crippen LogP contribution in [0.25, 0.3) is 0 Å². The maximum atomic E-state index is 2.79. The van der Waals surface area contributed by atoms with E-state index in [1.807, 2.05) is 0 Å². The van der Waals surface area contributed by atoms with Gasteiger partial charge in [0, 0.05) is 53.8 Å². The number of hydrogen-bond donors (Lipinski definition) is 0. The molecule has 0 saturated heterocycles. The molecule has 9 rings (SSSR count). The van der Waals surface area contributed by atoms with Crippen LogP contribution in [0.5, 0.6) is 0 Å². The first-order valence-corrected chi connectivity index (χ1v) is 25.3. The Bertz CT molecular complexity index is 2150. The van der Waals surface area contributed by atoms with Crippen molar-refractivity contribution in [3.63, 3.8) is 0 Å². The van der Waals surface area contributed by atoms with Crippen molar-refractivity contribution in [1.82, 2.24) is 0 Å². The van der Waals surface area contributed by atoms with Gasteiger partial charge in [0.05, 0.1) is 32.3 Å². The highest BCUT2D eigenvalue weighted by atomic mass is 31.2. The van der Waals surface area contributed by atoms with Crippen LogP contribution in [0.2, 0.25) is 0 Å². The number of hydrogen-bond acceptors (Lipinski definition) is 2. The lowest BCUT2D eigenvalue weighted by Crippen LogP contribution is -2.33. The van der Waals surface area contributed by atoms with E-state index in [-0.39, 0.29) is 0 Å². The van der Waals surface area contributed by atoms with Crippen LogP contribution in [-0.2, 0) is 0 Å². The van der Waals surface area contributed by atoms with Crippen molar-refractivity contribution in [2.24, 2.45) is 0 Å². The van der Waals surface area contributed by atoms with Crippen LogP contribution >= 0.6 is 32.3 Å². The third-order valence-corrected chi connectivity index (χ3v) is 20.9. The molecule has 0 aliphatic carbocycles. The molecule has 0 bridgehead atoms. The second kappa shape index (κ2) is 19.6. The summed E-state index contributed by atoms with van der Waals surface area (Å²) in [5, 5.41) is 10.5. The Kier molecular flexibility index (Phi) is 13.0. The highest BCUT2D eigenvalue weighted by Crippen LogP contribution is 2.60. The Morgan fingerprint density at radius 3 is 0.517 bits per heavy atom. The van der Waals surface area contributed by atoms with E-state index in [1.165, 1.54) is 53.8 Å². The van der Waals surface area contributed by atoms with E-state index >= 15 is 0 Å². The van der Waals surface area contributed by atoms with E-state index in [2.05, 4.69) is 276 Å². The predicted octanol–water partition coefficient (Wildman–Crippen LogP) is 11.5. The molecule has 290 valence electrons. The van der Waals surface area contributed by atoms with Gasteiger partial charge in [0.2, 0.25) is 0 Å². The normalized spacial score (nSPS) is 11.3. The van der Waals surface area contributed by atoms with Crippen molar-refractivity contribution in [2.45, 2.75) is 0 Å². The summed E-state index contributed by atoms with van der Waals surface area (Å²) in [6.07, 6.45) is 0. The van der Waals surface area contributed by atoms with Gasteiger partial charge in [-0.3, -0.25) is 0 Å². The van der Waals surface area contributed by atoms with Gasteiger partial charge in [0.15, 0.2) is 0 Å². The Morgan fingerprint density at radius 1 is 0.183 bits per heavy atom. The van der Waals surface area contributed by atoms with Gasteiger partial charge in [0.25, 0.3) is 0 Å². The third kappa shape index (κ3) is 8.91. The highest BCUT2D eigenvalue weighted by Gasteiger charge is 2.35. The molecule has 6 heteroatoms. The molecule has 0 aliphatic rings. The minimum Gasteiger partial charge on any atom is -0.313 e. The molecule has 0 atom stereocenters. The third-order valence-electron chi connectivity index (χ3n) is 10.1. The van der Waals surface area contributed by atoms with Gasteiger partial charge < -0.3 is 8.88 Å². The van der Waals surface area contributed by atoms with Gasteiger partial charge in [0.1, 0.15) is 0 Å². The quantitative estimate of drug-likeness (QED) is 0.101. The lowest BCUT2D eigenvalue weighted by atomic mass is 10.3. The van der Waals surface area contributed by atoms with Crippen molar-refractivity contribution in [3.8, 4) is 0 Å². The molecule has 2 nitrogen and oxygen atoms in total. The molecule has 0 N–H and O–H groups in total. The zero-order chi connectivity index (χ0) is 40.4. The lowest BCUT2D eigenvalue weighted by Gasteiger charge is -2.43. The SMILES string of the molecule is c1ccc(P(c2ccccc2)N(c2cccc(N(P(c3ccccc3)c3ccccc3)P(c3ccccc3)c3ccccc3)c2)P(c2ccccc2)c2ccccc2)cc1. The van der Waals surface area contributed by atoms with Crippen LogP contribution in [0.1, 0.15) is 0 Å². The first kappa shape index (κ1) is 39.7. The fourth-order valence-electron chi connectivity index (χ4n) is 7.41. The number of rotatable bonds is 14. The van der Waals surface area contributed by atoms with E-state index in [9.17, 15) is 0 Å². The lowest BCUT2D eigenvalue weighted by molar-refractivity contribution is 1.51. The van der Waals surface area contributed by atoms with Crippen molar-refractivity contribution in [2.75, 3.05) is 8.88 Å². The van der Waals surface area contributed by atoms with Gasteiger partial charge in [-0.05, 0) is 18.2 Å². The van der Waals surface area contributed by atoms with Crippen molar-refractivity contribution in [1.29, 1.82) is 0 Å². The van der Waals surface area contributed by atoms with E-state index in [4.69, 9.17) is 0 Å². The zero-order valence-corrected chi connectivity index (χ0v) is 36.7. The maximum absolute atomic E-state index is 2.79. The summed E-state index contributed by atoms with van der Waals surface area (Å²) in [4.78, 5) is 0. The Hall–Kier alpha value is -5.70. The molecular weight excluding hydrogens is 801 g/mol. The fraction of sp³-hybridized carbons (Fsp3) is 0. The largest absolute Gasteiger partial charge is 0.313 e. The molecule has 0 heterocycles. The molecule has 0 aromatic heterocycles.